The van der Waals surface area contributed by atoms with Crippen LogP contribution in [0.15, 0.2) is 60.8 Å². The van der Waals surface area contributed by atoms with Crippen molar-refractivity contribution < 1.29 is 14.5 Å². The van der Waals surface area contributed by atoms with E-state index < -0.39 is 10.9 Å². The van der Waals surface area contributed by atoms with Crippen LogP contribution < -0.4 is 4.74 Å². The number of hydrogen-bond acceptors (Lipinski definition) is 5. The molecule has 0 atom stereocenters. The van der Waals surface area contributed by atoms with Crippen LogP contribution in [0, 0.1) is 10.1 Å². The number of fused-ring (bicyclic) bond motifs is 1. The Labute approximate surface area is 147 Å². The molecule has 0 saturated heterocycles. The van der Waals surface area contributed by atoms with Crippen LogP contribution in [0.5, 0.6) is 5.75 Å². The molecule has 3 rings (SSSR count). The second kappa shape index (κ2) is 7.11. The smallest absolute Gasteiger partial charge is 0.336 e. The van der Waals surface area contributed by atoms with Gasteiger partial charge in [0.15, 0.2) is 0 Å². The van der Waals surface area contributed by atoms with Crippen molar-refractivity contribution in [3.8, 4) is 5.75 Å². The lowest BCUT2D eigenvalue weighted by Crippen LogP contribution is -2.07. The van der Waals surface area contributed by atoms with Gasteiger partial charge in [0.25, 0.3) is 0 Å². The third kappa shape index (κ3) is 3.81. The second-order valence-corrected chi connectivity index (χ2v) is 5.49. The number of aromatic nitrogens is 1. The summed E-state index contributed by atoms with van der Waals surface area (Å²) in [4.78, 5) is 26.8. The maximum absolute atomic E-state index is 12.1. The number of nitro benzene ring substituents is 1. The summed E-state index contributed by atoms with van der Waals surface area (Å²) in [7, 11) is 0. The van der Waals surface area contributed by atoms with Crippen molar-refractivity contribution in [2.24, 2.45) is 0 Å². The highest BCUT2D eigenvalue weighted by Crippen LogP contribution is 2.34. The number of nitro groups is 1. The zero-order chi connectivity index (χ0) is 17.8. The van der Waals surface area contributed by atoms with Crippen molar-refractivity contribution in [2.75, 3.05) is 0 Å². The van der Waals surface area contributed by atoms with E-state index >= 15 is 0 Å². The van der Waals surface area contributed by atoms with Crippen LogP contribution in [0.2, 0.25) is 5.02 Å². The molecule has 124 valence electrons. The minimum Gasteiger partial charge on any atom is -0.414 e. The largest absolute Gasteiger partial charge is 0.414 e. The van der Waals surface area contributed by atoms with Gasteiger partial charge in [0.1, 0.15) is 5.52 Å². The molecule has 3 aromatic rings. The molecule has 0 spiro atoms. The standard InChI is InChI=1S/C18H11ClN2O4/c19-14-7-3-12(4-8-14)5-10-16(22)25-18-15(21(23)24)9-6-13-2-1-11-20-17(13)18/h1-11H/b10-5+. The van der Waals surface area contributed by atoms with Crippen molar-refractivity contribution in [1.82, 2.24) is 4.98 Å². The second-order valence-electron chi connectivity index (χ2n) is 5.05. The fraction of sp³-hybridized carbons (Fsp3) is 0. The lowest BCUT2D eigenvalue weighted by molar-refractivity contribution is -0.385. The molecule has 0 N–H and O–H groups in total. The van der Waals surface area contributed by atoms with Crippen LogP contribution in [-0.2, 0) is 4.79 Å². The van der Waals surface area contributed by atoms with E-state index in [2.05, 4.69) is 4.98 Å². The van der Waals surface area contributed by atoms with Crippen LogP contribution in [0.3, 0.4) is 0 Å². The van der Waals surface area contributed by atoms with Gasteiger partial charge in [-0.1, -0.05) is 29.8 Å². The highest BCUT2D eigenvalue weighted by atomic mass is 35.5. The molecule has 6 nitrogen and oxygen atoms in total. The van der Waals surface area contributed by atoms with Gasteiger partial charge in [-0.2, -0.15) is 0 Å². The summed E-state index contributed by atoms with van der Waals surface area (Å²) in [5.74, 6) is -0.912. The van der Waals surface area contributed by atoms with Crippen molar-refractivity contribution in [2.45, 2.75) is 0 Å². The molecular weight excluding hydrogens is 344 g/mol. The van der Waals surface area contributed by atoms with Gasteiger partial charge in [0.2, 0.25) is 5.75 Å². The van der Waals surface area contributed by atoms with E-state index in [1.165, 1.54) is 24.4 Å². The summed E-state index contributed by atoms with van der Waals surface area (Å²) in [6.07, 6.45) is 4.20. The Morgan fingerprint density at radius 1 is 1.16 bits per heavy atom. The lowest BCUT2D eigenvalue weighted by atomic mass is 10.2. The molecule has 0 fully saturated rings. The highest BCUT2D eigenvalue weighted by molar-refractivity contribution is 6.30. The molecule has 0 aliphatic rings. The van der Waals surface area contributed by atoms with Gasteiger partial charge in [0.05, 0.1) is 4.92 Å². The molecule has 25 heavy (non-hydrogen) atoms. The predicted octanol–water partition coefficient (Wildman–Crippen LogP) is 4.42. The van der Waals surface area contributed by atoms with E-state index in [-0.39, 0.29) is 17.0 Å². The number of esters is 1. The Balaban J connectivity index is 1.91. The summed E-state index contributed by atoms with van der Waals surface area (Å²) >= 11 is 5.80. The fourth-order valence-electron chi connectivity index (χ4n) is 2.22. The summed E-state index contributed by atoms with van der Waals surface area (Å²) in [5, 5.41) is 12.4. The first-order valence-electron chi connectivity index (χ1n) is 7.22. The fourth-order valence-corrected chi connectivity index (χ4v) is 2.35. The first-order chi connectivity index (χ1) is 12.0. The van der Waals surface area contributed by atoms with E-state index in [4.69, 9.17) is 16.3 Å². The lowest BCUT2D eigenvalue weighted by Gasteiger charge is -2.06. The van der Waals surface area contributed by atoms with E-state index in [1.54, 1.807) is 42.5 Å². The zero-order valence-corrected chi connectivity index (χ0v) is 13.5. The highest BCUT2D eigenvalue weighted by Gasteiger charge is 2.21. The number of rotatable bonds is 4. The van der Waals surface area contributed by atoms with E-state index in [9.17, 15) is 14.9 Å². The van der Waals surface area contributed by atoms with Crippen LogP contribution >= 0.6 is 11.6 Å². The first kappa shape index (κ1) is 16.6. The van der Waals surface area contributed by atoms with Crippen molar-refractivity contribution >= 4 is 40.2 Å². The molecule has 0 unspecified atom stereocenters. The number of carbonyl (C=O) groups is 1. The topological polar surface area (TPSA) is 82.3 Å². The molecule has 1 aromatic heterocycles. The SMILES string of the molecule is O=C(/C=C/c1ccc(Cl)cc1)Oc1c([N+](=O)[O-])ccc2cccnc12. The molecule has 7 heteroatoms. The molecular formula is C18H11ClN2O4. The van der Waals surface area contributed by atoms with Gasteiger partial charge in [-0.05, 0) is 35.9 Å². The Hall–Kier alpha value is -3.25. The Morgan fingerprint density at radius 2 is 1.92 bits per heavy atom. The van der Waals surface area contributed by atoms with Gasteiger partial charge in [0, 0.05) is 28.7 Å². The molecule has 2 aromatic carbocycles. The molecule has 0 aliphatic carbocycles. The van der Waals surface area contributed by atoms with E-state index in [0.29, 0.717) is 10.4 Å². The Morgan fingerprint density at radius 3 is 2.64 bits per heavy atom. The summed E-state index contributed by atoms with van der Waals surface area (Å²) in [6, 6.07) is 13.1. The molecule has 0 saturated carbocycles. The monoisotopic (exact) mass is 354 g/mol. The normalized spacial score (nSPS) is 10.9. The number of pyridine rings is 1. The number of carbonyl (C=O) groups excluding carboxylic acids is 1. The molecule has 0 amide bonds. The maximum atomic E-state index is 12.1. The van der Waals surface area contributed by atoms with Gasteiger partial charge in [-0.15, -0.1) is 0 Å². The zero-order valence-electron chi connectivity index (χ0n) is 12.8. The van der Waals surface area contributed by atoms with Gasteiger partial charge in [-0.3, -0.25) is 15.1 Å². The Kier molecular flexibility index (Phi) is 4.72. The molecule has 1 heterocycles. The van der Waals surface area contributed by atoms with Crippen molar-refractivity contribution in [1.29, 1.82) is 0 Å². The number of hydrogen-bond donors (Lipinski definition) is 0. The average molecular weight is 355 g/mol. The quantitative estimate of drug-likeness (QED) is 0.228. The Bertz CT molecular complexity index is 984. The third-order valence-corrected chi connectivity index (χ3v) is 3.64. The molecule has 0 bridgehead atoms. The van der Waals surface area contributed by atoms with Gasteiger partial charge < -0.3 is 4.74 Å². The van der Waals surface area contributed by atoms with Crippen LogP contribution in [0.1, 0.15) is 5.56 Å². The number of halogens is 1. The minimum atomic E-state index is -0.740. The summed E-state index contributed by atoms with van der Waals surface area (Å²) < 4.78 is 5.21. The predicted molar refractivity (Wildman–Crippen MR) is 94.5 cm³/mol. The number of benzene rings is 2. The maximum Gasteiger partial charge on any atom is 0.336 e. The minimum absolute atomic E-state index is 0.172. The number of ether oxygens (including phenoxy) is 1. The van der Waals surface area contributed by atoms with Crippen molar-refractivity contribution in [3.05, 3.63) is 81.5 Å². The number of nitrogens with zero attached hydrogens (tertiary/aromatic N) is 2. The van der Waals surface area contributed by atoms with Gasteiger partial charge >= 0.3 is 11.7 Å². The average Bonchev–Trinajstić information content (AvgIpc) is 2.61. The van der Waals surface area contributed by atoms with Crippen LogP contribution in [0.4, 0.5) is 5.69 Å². The van der Waals surface area contributed by atoms with Crippen molar-refractivity contribution in [3.63, 3.8) is 0 Å². The third-order valence-electron chi connectivity index (χ3n) is 3.39. The summed E-state index contributed by atoms with van der Waals surface area (Å²) in [5.41, 5.74) is 0.677. The molecule has 0 radical (unpaired) electrons. The first-order valence-corrected chi connectivity index (χ1v) is 7.60. The van der Waals surface area contributed by atoms with E-state index in [0.717, 1.165) is 5.56 Å². The summed E-state index contributed by atoms with van der Waals surface area (Å²) in [6.45, 7) is 0. The van der Waals surface area contributed by atoms with Crippen LogP contribution in [-0.4, -0.2) is 15.9 Å². The van der Waals surface area contributed by atoms with E-state index in [1.807, 2.05) is 0 Å². The van der Waals surface area contributed by atoms with Crippen LogP contribution in [0.25, 0.3) is 17.0 Å². The van der Waals surface area contributed by atoms with Gasteiger partial charge in [-0.25, -0.2) is 4.79 Å². The molecule has 0 aliphatic heterocycles.